The second kappa shape index (κ2) is 7.43. The van der Waals surface area contributed by atoms with Crippen LogP contribution < -0.4 is 9.64 Å². The third-order valence-electron chi connectivity index (χ3n) is 3.84. The normalized spacial score (nSPS) is 17.6. The molecule has 2 aromatic rings. The highest BCUT2D eigenvalue weighted by Gasteiger charge is 2.26. The monoisotopic (exact) mass is 350 g/mol. The Balaban J connectivity index is 1.81. The minimum Gasteiger partial charge on any atom is -0.478 e. The lowest BCUT2D eigenvalue weighted by atomic mass is 10.1. The Bertz CT molecular complexity index is 757. The van der Waals surface area contributed by atoms with E-state index in [0.29, 0.717) is 31.1 Å². The number of carbonyl (C=O) groups is 1. The van der Waals surface area contributed by atoms with E-state index in [1.807, 2.05) is 4.90 Å². The van der Waals surface area contributed by atoms with Crippen molar-refractivity contribution in [2.24, 2.45) is 0 Å². The van der Waals surface area contributed by atoms with E-state index in [0.717, 1.165) is 0 Å². The molecule has 1 unspecified atom stereocenters. The summed E-state index contributed by atoms with van der Waals surface area (Å²) in [6.07, 6.45) is 1.13. The molecule has 0 bridgehead atoms. The van der Waals surface area contributed by atoms with Gasteiger partial charge in [-0.3, -0.25) is 0 Å². The predicted molar refractivity (Wildman–Crippen MR) is 85.2 cm³/mol. The summed E-state index contributed by atoms with van der Waals surface area (Å²) in [5.41, 5.74) is 0.786. The van der Waals surface area contributed by atoms with Gasteiger partial charge in [-0.25, -0.2) is 9.78 Å². The van der Waals surface area contributed by atoms with Crippen LogP contribution in [0.25, 0.3) is 0 Å². The van der Waals surface area contributed by atoms with Crippen molar-refractivity contribution < 1.29 is 28.2 Å². The molecule has 0 amide bonds. The summed E-state index contributed by atoms with van der Waals surface area (Å²) in [6, 6.07) is 9.36. The molecule has 132 valence electrons. The Morgan fingerprint density at radius 1 is 1.36 bits per heavy atom. The Kier molecular flexibility index (Phi) is 5.08. The summed E-state index contributed by atoms with van der Waals surface area (Å²) >= 11 is 0. The van der Waals surface area contributed by atoms with E-state index < -0.39 is 18.7 Å². The van der Waals surface area contributed by atoms with Gasteiger partial charge in [-0.15, -0.1) is 0 Å². The first kappa shape index (κ1) is 17.1. The molecule has 0 saturated carbocycles. The Morgan fingerprint density at radius 3 is 2.96 bits per heavy atom. The maximum atomic E-state index is 12.4. The molecule has 1 atom stereocenters. The van der Waals surface area contributed by atoms with Crippen molar-refractivity contribution in [2.75, 3.05) is 24.6 Å². The number of rotatable bonds is 5. The topological polar surface area (TPSA) is 71.9 Å². The summed E-state index contributed by atoms with van der Waals surface area (Å²) in [6.45, 7) is -1.69. The SMILES string of the molecule is O=C(O)c1cccnc1N1CCOC(c2cccc(OC(F)F)c2)C1. The lowest BCUT2D eigenvalue weighted by molar-refractivity contribution is -0.0501. The highest BCUT2D eigenvalue weighted by molar-refractivity contribution is 5.93. The lowest BCUT2D eigenvalue weighted by Gasteiger charge is -2.34. The number of alkyl halides is 2. The molecular formula is C17H16F2N2O4. The number of hydrogen-bond acceptors (Lipinski definition) is 5. The molecule has 8 heteroatoms. The van der Waals surface area contributed by atoms with Crippen molar-refractivity contribution >= 4 is 11.8 Å². The summed E-state index contributed by atoms with van der Waals surface area (Å²) in [5, 5.41) is 9.31. The highest BCUT2D eigenvalue weighted by Crippen LogP contribution is 2.29. The van der Waals surface area contributed by atoms with Crippen molar-refractivity contribution in [1.82, 2.24) is 4.98 Å². The molecule has 2 heterocycles. The molecule has 1 fully saturated rings. The van der Waals surface area contributed by atoms with Gasteiger partial charge in [0.15, 0.2) is 0 Å². The van der Waals surface area contributed by atoms with Gasteiger partial charge in [-0.05, 0) is 29.8 Å². The highest BCUT2D eigenvalue weighted by atomic mass is 19.3. The number of benzene rings is 1. The van der Waals surface area contributed by atoms with Crippen LogP contribution in [0.2, 0.25) is 0 Å². The first-order chi connectivity index (χ1) is 12.0. The van der Waals surface area contributed by atoms with Crippen molar-refractivity contribution in [3.8, 4) is 5.75 Å². The van der Waals surface area contributed by atoms with E-state index in [1.165, 1.54) is 24.4 Å². The number of pyridine rings is 1. The maximum Gasteiger partial charge on any atom is 0.387 e. The maximum absolute atomic E-state index is 12.4. The average Bonchev–Trinajstić information content (AvgIpc) is 2.61. The molecule has 1 aromatic carbocycles. The zero-order valence-corrected chi connectivity index (χ0v) is 13.1. The average molecular weight is 350 g/mol. The van der Waals surface area contributed by atoms with Crippen LogP contribution in [0.3, 0.4) is 0 Å². The molecular weight excluding hydrogens is 334 g/mol. The number of morpholine rings is 1. The van der Waals surface area contributed by atoms with Gasteiger partial charge in [-0.2, -0.15) is 8.78 Å². The van der Waals surface area contributed by atoms with Crippen LogP contribution in [0.4, 0.5) is 14.6 Å². The standard InChI is InChI=1S/C17H16F2N2O4/c18-17(19)25-12-4-1-3-11(9-12)14-10-21(7-8-24-14)15-13(16(22)23)5-2-6-20-15/h1-6,9,14,17H,7-8,10H2,(H,22,23). The third-order valence-corrected chi connectivity index (χ3v) is 3.84. The van der Waals surface area contributed by atoms with Gasteiger partial charge in [0.1, 0.15) is 23.2 Å². The van der Waals surface area contributed by atoms with Gasteiger partial charge in [0, 0.05) is 19.3 Å². The minimum atomic E-state index is -2.90. The molecule has 0 spiro atoms. The molecule has 1 aliphatic rings. The number of aromatic nitrogens is 1. The zero-order valence-electron chi connectivity index (χ0n) is 13.1. The summed E-state index contributed by atoms with van der Waals surface area (Å²) in [5.74, 6) is -0.640. The van der Waals surface area contributed by atoms with Gasteiger partial charge in [0.2, 0.25) is 0 Å². The Morgan fingerprint density at radius 2 is 2.20 bits per heavy atom. The Labute approximate surface area is 142 Å². The minimum absolute atomic E-state index is 0.0530. The smallest absolute Gasteiger partial charge is 0.387 e. The second-order valence-electron chi connectivity index (χ2n) is 5.44. The van der Waals surface area contributed by atoms with Gasteiger partial charge < -0.3 is 19.5 Å². The van der Waals surface area contributed by atoms with Gasteiger partial charge in [0.25, 0.3) is 0 Å². The number of hydrogen-bond donors (Lipinski definition) is 1. The van der Waals surface area contributed by atoms with E-state index in [-0.39, 0.29) is 11.3 Å². The van der Waals surface area contributed by atoms with Crippen LogP contribution in [-0.2, 0) is 4.74 Å². The van der Waals surface area contributed by atoms with Crippen LogP contribution in [-0.4, -0.2) is 42.4 Å². The van der Waals surface area contributed by atoms with Crippen molar-refractivity contribution in [3.63, 3.8) is 0 Å². The number of carboxylic acid groups (broad SMARTS) is 1. The summed E-state index contributed by atoms with van der Waals surface area (Å²) in [4.78, 5) is 17.4. The number of aromatic carboxylic acids is 1. The van der Waals surface area contributed by atoms with Crippen LogP contribution in [0, 0.1) is 0 Å². The molecule has 1 aliphatic heterocycles. The molecule has 3 rings (SSSR count). The molecule has 1 aromatic heterocycles. The fraction of sp³-hybridized carbons (Fsp3) is 0.294. The van der Waals surface area contributed by atoms with E-state index >= 15 is 0 Å². The molecule has 6 nitrogen and oxygen atoms in total. The molecule has 25 heavy (non-hydrogen) atoms. The second-order valence-corrected chi connectivity index (χ2v) is 5.44. The van der Waals surface area contributed by atoms with Crippen LogP contribution in [0.15, 0.2) is 42.6 Å². The van der Waals surface area contributed by atoms with Crippen molar-refractivity contribution in [1.29, 1.82) is 0 Å². The molecule has 1 saturated heterocycles. The lowest BCUT2D eigenvalue weighted by Crippen LogP contribution is -2.39. The quantitative estimate of drug-likeness (QED) is 0.894. The number of nitrogens with zero attached hydrogens (tertiary/aromatic N) is 2. The van der Waals surface area contributed by atoms with Crippen LogP contribution in [0.1, 0.15) is 22.0 Å². The van der Waals surface area contributed by atoms with E-state index in [9.17, 15) is 18.7 Å². The van der Waals surface area contributed by atoms with Crippen LogP contribution in [0.5, 0.6) is 5.75 Å². The van der Waals surface area contributed by atoms with Crippen molar-refractivity contribution in [2.45, 2.75) is 12.7 Å². The molecule has 0 radical (unpaired) electrons. The number of halogens is 2. The number of carboxylic acids is 1. The number of anilines is 1. The summed E-state index contributed by atoms with van der Waals surface area (Å²) in [7, 11) is 0. The van der Waals surface area contributed by atoms with Crippen molar-refractivity contribution in [3.05, 3.63) is 53.7 Å². The van der Waals surface area contributed by atoms with E-state index in [4.69, 9.17) is 4.74 Å². The fourth-order valence-corrected chi connectivity index (χ4v) is 2.75. The van der Waals surface area contributed by atoms with Gasteiger partial charge in [-0.1, -0.05) is 12.1 Å². The molecule has 1 N–H and O–H groups in total. The van der Waals surface area contributed by atoms with Gasteiger partial charge >= 0.3 is 12.6 Å². The summed E-state index contributed by atoms with van der Waals surface area (Å²) < 4.78 is 34.9. The van der Waals surface area contributed by atoms with E-state index in [1.54, 1.807) is 18.2 Å². The predicted octanol–water partition coefficient (Wildman–Crippen LogP) is 2.96. The zero-order chi connectivity index (χ0) is 17.8. The first-order valence-electron chi connectivity index (χ1n) is 7.64. The first-order valence-corrected chi connectivity index (χ1v) is 7.64. The Hall–Kier alpha value is -2.74. The van der Waals surface area contributed by atoms with Crippen LogP contribution >= 0.6 is 0 Å². The third kappa shape index (κ3) is 4.03. The largest absolute Gasteiger partial charge is 0.478 e. The van der Waals surface area contributed by atoms with E-state index in [2.05, 4.69) is 9.72 Å². The fourth-order valence-electron chi connectivity index (χ4n) is 2.75. The van der Waals surface area contributed by atoms with Gasteiger partial charge in [0.05, 0.1) is 6.61 Å². The number of ether oxygens (including phenoxy) is 2. The molecule has 0 aliphatic carbocycles.